The van der Waals surface area contributed by atoms with Gasteiger partial charge in [-0.3, -0.25) is 5.32 Å². The highest BCUT2D eigenvalue weighted by Crippen LogP contribution is 2.60. The quantitative estimate of drug-likeness (QED) is 0.390. The normalized spacial score (nSPS) is 34.6. The molecule has 0 aromatic heterocycles. The number of likely N-dealkylation sites (N-methyl/N-ethyl adjacent to an activating group) is 2. The van der Waals surface area contributed by atoms with Gasteiger partial charge in [-0.25, -0.2) is 0 Å². The molecule has 2 fully saturated rings. The van der Waals surface area contributed by atoms with Gasteiger partial charge in [0.2, 0.25) is 0 Å². The monoisotopic (exact) mass is 373 g/mol. The van der Waals surface area contributed by atoms with Crippen molar-refractivity contribution >= 4 is 6.21 Å². The Morgan fingerprint density at radius 3 is 2.85 bits per heavy atom. The maximum absolute atomic E-state index is 11.6. The van der Waals surface area contributed by atoms with Crippen molar-refractivity contribution in [1.82, 2.24) is 10.6 Å². The first-order chi connectivity index (χ1) is 12.9. The van der Waals surface area contributed by atoms with Gasteiger partial charge in [0.15, 0.2) is 6.23 Å². The summed E-state index contributed by atoms with van der Waals surface area (Å²) in [7, 11) is 3.75. The molecule has 5 nitrogen and oxygen atoms in total. The summed E-state index contributed by atoms with van der Waals surface area (Å²) in [4.78, 5) is 5.57. The van der Waals surface area contributed by atoms with Gasteiger partial charge >= 0.3 is 0 Å². The van der Waals surface area contributed by atoms with E-state index in [1.807, 2.05) is 20.3 Å². The minimum Gasteiger partial charge on any atom is -0.389 e. The second kappa shape index (κ2) is 8.29. The summed E-state index contributed by atoms with van der Waals surface area (Å²) in [5.41, 5.74) is 1.92. The molecule has 1 unspecified atom stereocenters. The molecule has 0 bridgehead atoms. The number of oxime groups is 1. The van der Waals surface area contributed by atoms with Gasteiger partial charge in [0.05, 0.1) is 5.60 Å². The summed E-state index contributed by atoms with van der Waals surface area (Å²) in [6, 6.07) is 8.76. The average Bonchev–Trinajstić information content (AvgIpc) is 2.91. The summed E-state index contributed by atoms with van der Waals surface area (Å²) in [5, 5.41) is 22.0. The van der Waals surface area contributed by atoms with Crippen LogP contribution in [0.3, 0.4) is 0 Å². The van der Waals surface area contributed by atoms with Crippen molar-refractivity contribution in [1.29, 1.82) is 0 Å². The Hall–Kier alpha value is -1.43. The van der Waals surface area contributed by atoms with Gasteiger partial charge in [-0.2, -0.15) is 0 Å². The first-order valence-electron chi connectivity index (χ1n) is 10.2. The van der Waals surface area contributed by atoms with Crippen LogP contribution >= 0.6 is 0 Å². The van der Waals surface area contributed by atoms with Crippen molar-refractivity contribution in [2.45, 2.75) is 63.7 Å². The second-order valence-corrected chi connectivity index (χ2v) is 8.64. The van der Waals surface area contributed by atoms with Crippen molar-refractivity contribution in [3.63, 3.8) is 0 Å². The smallest absolute Gasteiger partial charge is 0.190 e. The molecule has 2 saturated carbocycles. The molecule has 150 valence electrons. The lowest BCUT2D eigenvalue weighted by atomic mass is 9.59. The van der Waals surface area contributed by atoms with Crippen LogP contribution in [0.2, 0.25) is 0 Å². The fourth-order valence-corrected chi connectivity index (χ4v) is 5.09. The van der Waals surface area contributed by atoms with E-state index < -0.39 is 5.60 Å². The SMILES string of the molecule is CNCC(NC)ON=C[C@H]1CC[C@]2(O)C[C@@H](c3cccc(C)c3)CC[C@]12C. The lowest BCUT2D eigenvalue weighted by Gasteiger charge is -2.49. The number of aliphatic hydroxyl groups is 1. The maximum Gasteiger partial charge on any atom is 0.190 e. The molecule has 0 heterocycles. The van der Waals surface area contributed by atoms with Crippen molar-refractivity contribution < 1.29 is 9.94 Å². The zero-order valence-electron chi connectivity index (χ0n) is 17.2. The van der Waals surface area contributed by atoms with Crippen LogP contribution in [0.25, 0.3) is 0 Å². The predicted octanol–water partition coefficient (Wildman–Crippen LogP) is 3.18. The number of benzene rings is 1. The van der Waals surface area contributed by atoms with Gasteiger partial charge in [0.1, 0.15) is 0 Å². The molecule has 0 amide bonds. The molecule has 0 spiro atoms. The summed E-state index contributed by atoms with van der Waals surface area (Å²) < 4.78 is 0. The van der Waals surface area contributed by atoms with E-state index in [2.05, 4.69) is 53.9 Å². The molecule has 5 heteroatoms. The van der Waals surface area contributed by atoms with Crippen LogP contribution in [-0.4, -0.2) is 43.8 Å². The number of hydrogen-bond donors (Lipinski definition) is 3. The zero-order valence-corrected chi connectivity index (χ0v) is 17.2. The number of aryl methyl sites for hydroxylation is 1. The van der Waals surface area contributed by atoms with Gasteiger partial charge in [0, 0.05) is 24.1 Å². The standard InChI is InChI=1S/C22H35N3O2/c1-16-6-5-7-17(12-16)18-8-10-21(2)19(9-11-22(21,26)13-18)14-25-27-20(24-4)15-23-3/h5-7,12,14,18-20,23-24,26H,8-11,13,15H2,1-4H3/t18-,19+,20?,21+,22-/m0/s1. The molecule has 3 N–H and O–H groups in total. The number of hydrogen-bond acceptors (Lipinski definition) is 5. The van der Waals surface area contributed by atoms with Gasteiger partial charge < -0.3 is 15.3 Å². The van der Waals surface area contributed by atoms with Gasteiger partial charge in [-0.15, -0.1) is 0 Å². The van der Waals surface area contributed by atoms with Crippen molar-refractivity contribution in [3.05, 3.63) is 35.4 Å². The lowest BCUT2D eigenvalue weighted by molar-refractivity contribution is -0.0960. The van der Waals surface area contributed by atoms with E-state index in [0.717, 1.165) is 32.1 Å². The van der Waals surface area contributed by atoms with Crippen LogP contribution in [0.1, 0.15) is 56.1 Å². The summed E-state index contributed by atoms with van der Waals surface area (Å²) >= 11 is 0. The first kappa shape index (κ1) is 20.3. The average molecular weight is 374 g/mol. The van der Waals surface area contributed by atoms with Crippen molar-refractivity contribution in [2.24, 2.45) is 16.5 Å². The van der Waals surface area contributed by atoms with Gasteiger partial charge in [-0.1, -0.05) is 41.9 Å². The van der Waals surface area contributed by atoms with E-state index in [9.17, 15) is 5.11 Å². The van der Waals surface area contributed by atoms with Gasteiger partial charge in [-0.05, 0) is 64.6 Å². The second-order valence-electron chi connectivity index (χ2n) is 8.64. The Morgan fingerprint density at radius 1 is 1.33 bits per heavy atom. The largest absolute Gasteiger partial charge is 0.389 e. The Bertz CT molecular complexity index is 665. The minimum atomic E-state index is -0.621. The highest BCUT2D eigenvalue weighted by atomic mass is 16.6. The fourth-order valence-electron chi connectivity index (χ4n) is 5.09. The van der Waals surface area contributed by atoms with Crippen LogP contribution in [-0.2, 0) is 4.84 Å². The van der Waals surface area contributed by atoms with Gasteiger partial charge in [0.25, 0.3) is 0 Å². The van der Waals surface area contributed by atoms with E-state index in [0.29, 0.717) is 12.5 Å². The van der Waals surface area contributed by atoms with Crippen LogP contribution in [0.4, 0.5) is 0 Å². The Morgan fingerprint density at radius 2 is 2.15 bits per heavy atom. The summed E-state index contributed by atoms with van der Waals surface area (Å²) in [6.07, 6.45) is 6.58. The maximum atomic E-state index is 11.6. The Labute approximate surface area is 163 Å². The van der Waals surface area contributed by atoms with Crippen LogP contribution < -0.4 is 10.6 Å². The zero-order chi connectivity index (χ0) is 19.5. The first-order valence-corrected chi connectivity index (χ1v) is 10.2. The molecule has 0 radical (unpaired) electrons. The Kier molecular flexibility index (Phi) is 6.24. The van der Waals surface area contributed by atoms with E-state index in [1.54, 1.807) is 0 Å². The molecule has 2 aliphatic carbocycles. The topological polar surface area (TPSA) is 65.9 Å². The van der Waals surface area contributed by atoms with Crippen molar-refractivity contribution in [2.75, 3.05) is 20.6 Å². The van der Waals surface area contributed by atoms with E-state index >= 15 is 0 Å². The minimum absolute atomic E-state index is 0.127. The van der Waals surface area contributed by atoms with Crippen LogP contribution in [0, 0.1) is 18.3 Å². The van der Waals surface area contributed by atoms with Crippen LogP contribution in [0.15, 0.2) is 29.4 Å². The number of fused-ring (bicyclic) bond motifs is 1. The predicted molar refractivity (Wildman–Crippen MR) is 110 cm³/mol. The molecular formula is C22H35N3O2. The molecule has 3 rings (SSSR count). The highest BCUT2D eigenvalue weighted by Gasteiger charge is 2.58. The molecule has 0 aliphatic heterocycles. The molecule has 1 aromatic rings. The molecule has 1 aromatic carbocycles. The van der Waals surface area contributed by atoms with E-state index in [-0.39, 0.29) is 17.6 Å². The summed E-state index contributed by atoms with van der Waals surface area (Å²) in [5.74, 6) is 0.701. The number of nitrogens with one attached hydrogen (secondary N) is 2. The number of nitrogens with zero attached hydrogens (tertiary/aromatic N) is 1. The summed E-state index contributed by atoms with van der Waals surface area (Å²) in [6.45, 7) is 5.07. The van der Waals surface area contributed by atoms with E-state index in [4.69, 9.17) is 4.84 Å². The molecular weight excluding hydrogens is 338 g/mol. The van der Waals surface area contributed by atoms with Crippen LogP contribution in [0.5, 0.6) is 0 Å². The molecule has 2 aliphatic rings. The molecule has 0 saturated heterocycles. The lowest BCUT2D eigenvalue weighted by Crippen LogP contribution is -2.49. The third-order valence-electron chi connectivity index (χ3n) is 7.00. The number of rotatable bonds is 7. The Balaban J connectivity index is 1.68. The molecule has 27 heavy (non-hydrogen) atoms. The fraction of sp³-hybridized carbons (Fsp3) is 0.682. The molecule has 5 atom stereocenters. The highest BCUT2D eigenvalue weighted by molar-refractivity contribution is 5.62. The van der Waals surface area contributed by atoms with Crippen molar-refractivity contribution in [3.8, 4) is 0 Å². The van der Waals surface area contributed by atoms with E-state index in [1.165, 1.54) is 11.1 Å². The third-order valence-corrected chi connectivity index (χ3v) is 7.00. The third kappa shape index (κ3) is 4.05.